The number of carbonyl (C=O) groups excluding carboxylic acids is 1. The standard InChI is InChI=1S/C20H25N3O2/c24-20(23-10-8-16-5-2-1-3-6-16)18-11-17(12-22-13-18)15-25-19-7-4-9-21-14-19/h1-7,9,14,17-18,22H,8,10-13,15H2,(H,23,24)/t17-,18+/m0/s1. The maximum atomic E-state index is 12.4. The van der Waals surface area contributed by atoms with Gasteiger partial charge in [0, 0.05) is 31.7 Å². The smallest absolute Gasteiger partial charge is 0.224 e. The highest BCUT2D eigenvalue weighted by molar-refractivity contribution is 5.79. The van der Waals surface area contributed by atoms with Crippen LogP contribution in [0.3, 0.4) is 0 Å². The summed E-state index contributed by atoms with van der Waals surface area (Å²) in [7, 11) is 0. The Labute approximate surface area is 148 Å². The third-order valence-electron chi connectivity index (χ3n) is 4.49. The number of aromatic nitrogens is 1. The lowest BCUT2D eigenvalue weighted by Gasteiger charge is -2.29. The van der Waals surface area contributed by atoms with E-state index in [0.717, 1.165) is 31.7 Å². The number of pyridine rings is 1. The van der Waals surface area contributed by atoms with E-state index in [1.54, 1.807) is 12.4 Å². The van der Waals surface area contributed by atoms with Crippen molar-refractivity contribution >= 4 is 5.91 Å². The van der Waals surface area contributed by atoms with Gasteiger partial charge < -0.3 is 15.4 Å². The highest BCUT2D eigenvalue weighted by Gasteiger charge is 2.27. The number of rotatable bonds is 7. The van der Waals surface area contributed by atoms with Gasteiger partial charge in [0.15, 0.2) is 0 Å². The summed E-state index contributed by atoms with van der Waals surface area (Å²) in [6.07, 6.45) is 5.15. The molecular formula is C20H25N3O2. The number of hydrogen-bond donors (Lipinski definition) is 2. The van der Waals surface area contributed by atoms with Crippen molar-refractivity contribution in [2.75, 3.05) is 26.2 Å². The van der Waals surface area contributed by atoms with E-state index in [4.69, 9.17) is 4.74 Å². The van der Waals surface area contributed by atoms with Crippen LogP contribution in [0.25, 0.3) is 0 Å². The van der Waals surface area contributed by atoms with Crippen molar-refractivity contribution in [3.63, 3.8) is 0 Å². The van der Waals surface area contributed by atoms with Crippen molar-refractivity contribution in [1.29, 1.82) is 0 Å². The fraction of sp³-hybridized carbons (Fsp3) is 0.400. The molecular weight excluding hydrogens is 314 g/mol. The number of nitrogens with one attached hydrogen (secondary N) is 2. The van der Waals surface area contributed by atoms with Crippen LogP contribution in [-0.2, 0) is 11.2 Å². The van der Waals surface area contributed by atoms with Gasteiger partial charge in [-0.2, -0.15) is 0 Å². The number of benzene rings is 1. The van der Waals surface area contributed by atoms with E-state index in [2.05, 4.69) is 27.8 Å². The van der Waals surface area contributed by atoms with Gasteiger partial charge in [-0.1, -0.05) is 30.3 Å². The van der Waals surface area contributed by atoms with Crippen LogP contribution >= 0.6 is 0 Å². The second kappa shape index (κ2) is 9.18. The molecule has 1 saturated heterocycles. The monoisotopic (exact) mass is 339 g/mol. The van der Waals surface area contributed by atoms with Crippen molar-refractivity contribution in [3.05, 3.63) is 60.4 Å². The van der Waals surface area contributed by atoms with E-state index in [1.165, 1.54) is 5.56 Å². The van der Waals surface area contributed by atoms with Gasteiger partial charge in [0.2, 0.25) is 5.91 Å². The molecule has 2 aromatic rings. The maximum Gasteiger partial charge on any atom is 0.224 e. The van der Waals surface area contributed by atoms with E-state index in [1.807, 2.05) is 30.3 Å². The van der Waals surface area contributed by atoms with Gasteiger partial charge in [0.05, 0.1) is 18.7 Å². The number of hydrogen-bond acceptors (Lipinski definition) is 4. The molecule has 1 fully saturated rings. The average molecular weight is 339 g/mol. The van der Waals surface area contributed by atoms with Gasteiger partial charge in [-0.25, -0.2) is 0 Å². The average Bonchev–Trinajstić information content (AvgIpc) is 2.68. The molecule has 2 N–H and O–H groups in total. The second-order valence-corrected chi connectivity index (χ2v) is 6.48. The Balaban J connectivity index is 1.40. The number of piperidine rings is 1. The van der Waals surface area contributed by atoms with Crippen LogP contribution in [0.4, 0.5) is 0 Å². The third kappa shape index (κ3) is 5.57. The highest BCUT2D eigenvalue weighted by Crippen LogP contribution is 2.18. The Kier molecular flexibility index (Phi) is 6.40. The van der Waals surface area contributed by atoms with Gasteiger partial charge in [-0.15, -0.1) is 0 Å². The van der Waals surface area contributed by atoms with Crippen LogP contribution in [0, 0.1) is 11.8 Å². The minimum atomic E-state index is 0.00650. The lowest BCUT2D eigenvalue weighted by molar-refractivity contribution is -0.126. The zero-order valence-corrected chi connectivity index (χ0v) is 14.4. The molecule has 0 unspecified atom stereocenters. The molecule has 0 aliphatic carbocycles. The summed E-state index contributed by atoms with van der Waals surface area (Å²) >= 11 is 0. The maximum absolute atomic E-state index is 12.4. The first-order chi connectivity index (χ1) is 12.3. The van der Waals surface area contributed by atoms with E-state index in [0.29, 0.717) is 19.1 Å². The van der Waals surface area contributed by atoms with E-state index in [-0.39, 0.29) is 11.8 Å². The quantitative estimate of drug-likeness (QED) is 0.810. The SMILES string of the molecule is O=C(NCCc1ccccc1)[C@H]1CNC[C@@H](COc2cccnc2)C1. The van der Waals surface area contributed by atoms with Crippen LogP contribution < -0.4 is 15.4 Å². The number of ether oxygens (including phenoxy) is 1. The van der Waals surface area contributed by atoms with E-state index < -0.39 is 0 Å². The molecule has 1 amide bonds. The van der Waals surface area contributed by atoms with Gasteiger partial charge in [-0.05, 0) is 30.5 Å². The minimum Gasteiger partial charge on any atom is -0.492 e. The number of carbonyl (C=O) groups is 1. The number of nitrogens with zero attached hydrogens (tertiary/aromatic N) is 1. The molecule has 0 radical (unpaired) electrons. The van der Waals surface area contributed by atoms with E-state index >= 15 is 0 Å². The number of amides is 1. The van der Waals surface area contributed by atoms with Crippen LogP contribution in [0.15, 0.2) is 54.9 Å². The van der Waals surface area contributed by atoms with Gasteiger partial charge in [0.25, 0.3) is 0 Å². The fourth-order valence-corrected chi connectivity index (χ4v) is 3.12. The van der Waals surface area contributed by atoms with Crippen molar-refractivity contribution in [3.8, 4) is 5.75 Å². The largest absolute Gasteiger partial charge is 0.492 e. The van der Waals surface area contributed by atoms with Gasteiger partial charge in [0.1, 0.15) is 5.75 Å². The predicted molar refractivity (Wildman–Crippen MR) is 97.4 cm³/mol. The molecule has 5 nitrogen and oxygen atoms in total. The molecule has 2 heterocycles. The molecule has 1 aliphatic heterocycles. The molecule has 0 saturated carbocycles. The summed E-state index contributed by atoms with van der Waals surface area (Å²) < 4.78 is 5.78. The van der Waals surface area contributed by atoms with Crippen molar-refractivity contribution in [2.24, 2.45) is 11.8 Å². The molecule has 25 heavy (non-hydrogen) atoms. The van der Waals surface area contributed by atoms with E-state index in [9.17, 15) is 4.79 Å². The molecule has 2 atom stereocenters. The Hall–Kier alpha value is -2.40. The molecule has 5 heteroatoms. The second-order valence-electron chi connectivity index (χ2n) is 6.48. The Morgan fingerprint density at radius 2 is 2.08 bits per heavy atom. The van der Waals surface area contributed by atoms with Crippen molar-refractivity contribution in [1.82, 2.24) is 15.6 Å². The molecule has 132 valence electrons. The first kappa shape index (κ1) is 17.4. The topological polar surface area (TPSA) is 63.2 Å². The lowest BCUT2D eigenvalue weighted by Crippen LogP contribution is -2.45. The Morgan fingerprint density at radius 1 is 1.20 bits per heavy atom. The zero-order chi connectivity index (χ0) is 17.3. The van der Waals surface area contributed by atoms with Gasteiger partial charge in [-0.3, -0.25) is 9.78 Å². The molecule has 1 aromatic carbocycles. The van der Waals surface area contributed by atoms with Crippen LogP contribution in [0.5, 0.6) is 5.75 Å². The van der Waals surface area contributed by atoms with Crippen LogP contribution in [0.2, 0.25) is 0 Å². The Morgan fingerprint density at radius 3 is 2.88 bits per heavy atom. The molecule has 3 rings (SSSR count). The fourth-order valence-electron chi connectivity index (χ4n) is 3.12. The van der Waals surface area contributed by atoms with Crippen LogP contribution in [0.1, 0.15) is 12.0 Å². The zero-order valence-electron chi connectivity index (χ0n) is 14.4. The summed E-state index contributed by atoms with van der Waals surface area (Å²) in [6, 6.07) is 14.0. The third-order valence-corrected chi connectivity index (χ3v) is 4.49. The predicted octanol–water partition coefficient (Wildman–Crippen LogP) is 2.04. The molecule has 0 spiro atoms. The first-order valence-corrected chi connectivity index (χ1v) is 8.86. The Bertz CT molecular complexity index is 649. The van der Waals surface area contributed by atoms with Crippen LogP contribution in [-0.4, -0.2) is 37.1 Å². The molecule has 1 aromatic heterocycles. The first-order valence-electron chi connectivity index (χ1n) is 8.86. The summed E-state index contributed by atoms with van der Waals surface area (Å²) in [6.45, 7) is 2.90. The lowest BCUT2D eigenvalue weighted by atomic mass is 9.90. The van der Waals surface area contributed by atoms with Crippen molar-refractivity contribution < 1.29 is 9.53 Å². The summed E-state index contributed by atoms with van der Waals surface area (Å²) in [5.74, 6) is 1.25. The summed E-state index contributed by atoms with van der Waals surface area (Å²) in [4.78, 5) is 16.5. The minimum absolute atomic E-state index is 0.00650. The summed E-state index contributed by atoms with van der Waals surface area (Å²) in [5.41, 5.74) is 1.24. The van der Waals surface area contributed by atoms with Crippen molar-refractivity contribution in [2.45, 2.75) is 12.8 Å². The highest BCUT2D eigenvalue weighted by atomic mass is 16.5. The normalized spacial score (nSPS) is 20.0. The molecule has 0 bridgehead atoms. The summed E-state index contributed by atoms with van der Waals surface area (Å²) in [5, 5.41) is 6.42. The van der Waals surface area contributed by atoms with Gasteiger partial charge >= 0.3 is 0 Å². The molecule has 1 aliphatic rings.